The molecule has 0 aromatic heterocycles. The van der Waals surface area contributed by atoms with Crippen LogP contribution in [0.25, 0.3) is 0 Å². The average molecular weight is 304 g/mol. The Hall–Kier alpha value is -2.33. The Morgan fingerprint density at radius 2 is 1.86 bits per heavy atom. The Morgan fingerprint density at radius 3 is 2.52 bits per heavy atom. The van der Waals surface area contributed by atoms with Gasteiger partial charge in [0.15, 0.2) is 5.78 Å². The monoisotopic (exact) mass is 303 g/mol. The third-order valence-corrected chi connectivity index (χ3v) is 3.39. The maximum atomic E-state index is 12.4. The Kier molecular flexibility index (Phi) is 4.60. The molecule has 0 atom stereocenters. The molecule has 108 valence electrons. The molecule has 4 nitrogen and oxygen atoms in total. The number of carbonyl (C=O) groups is 2. The molecule has 0 spiro atoms. The lowest BCUT2D eigenvalue weighted by Gasteiger charge is -2.10. The second-order valence-electron chi connectivity index (χ2n) is 4.50. The number of aromatic carboxylic acids is 1. The fourth-order valence-corrected chi connectivity index (χ4v) is 2.29. The summed E-state index contributed by atoms with van der Waals surface area (Å²) in [5.41, 5.74) is 1.73. The number of hydrogen-bond acceptors (Lipinski definition) is 3. The Bertz CT molecular complexity index is 698. The highest BCUT2D eigenvalue weighted by Gasteiger charge is 2.16. The zero-order chi connectivity index (χ0) is 15.4. The minimum Gasteiger partial charge on any atom is -0.478 e. The van der Waals surface area contributed by atoms with Crippen molar-refractivity contribution in [1.82, 2.24) is 0 Å². The lowest BCUT2D eigenvalue weighted by Crippen LogP contribution is -2.10. The molecule has 2 aromatic rings. The van der Waals surface area contributed by atoms with Gasteiger partial charge in [-0.2, -0.15) is 0 Å². The zero-order valence-electron chi connectivity index (χ0n) is 11.4. The highest BCUT2D eigenvalue weighted by molar-refractivity contribution is 6.31. The average Bonchev–Trinajstić information content (AvgIpc) is 2.47. The molecular weight excluding hydrogens is 290 g/mol. The van der Waals surface area contributed by atoms with Crippen LogP contribution in [0.15, 0.2) is 42.5 Å². The van der Waals surface area contributed by atoms with E-state index >= 15 is 0 Å². The molecule has 0 aliphatic carbocycles. The van der Waals surface area contributed by atoms with Crippen LogP contribution in [0, 0.1) is 0 Å². The van der Waals surface area contributed by atoms with Gasteiger partial charge >= 0.3 is 5.97 Å². The Labute approximate surface area is 127 Å². The first-order valence-corrected chi connectivity index (χ1v) is 6.72. The topological polar surface area (TPSA) is 66.4 Å². The van der Waals surface area contributed by atoms with E-state index in [-0.39, 0.29) is 17.8 Å². The lowest BCUT2D eigenvalue weighted by atomic mass is 9.98. The fraction of sp³-hybridized carbons (Fsp3) is 0.125. The van der Waals surface area contributed by atoms with Gasteiger partial charge in [-0.1, -0.05) is 29.8 Å². The molecule has 0 saturated heterocycles. The van der Waals surface area contributed by atoms with Crippen molar-refractivity contribution in [2.75, 3.05) is 12.4 Å². The van der Waals surface area contributed by atoms with Crippen LogP contribution in [-0.4, -0.2) is 23.9 Å². The summed E-state index contributed by atoms with van der Waals surface area (Å²) >= 11 is 5.93. The molecule has 2 rings (SSSR count). The molecule has 0 fully saturated rings. The van der Waals surface area contributed by atoms with E-state index in [9.17, 15) is 9.59 Å². The molecule has 0 saturated carbocycles. The molecule has 0 bridgehead atoms. The number of carboxylic acids is 1. The van der Waals surface area contributed by atoms with Crippen LogP contribution in [0.1, 0.15) is 26.3 Å². The molecule has 0 heterocycles. The zero-order valence-corrected chi connectivity index (χ0v) is 12.1. The molecule has 0 aliphatic rings. The molecular formula is C16H14ClNO3. The van der Waals surface area contributed by atoms with Crippen LogP contribution in [-0.2, 0) is 6.42 Å². The summed E-state index contributed by atoms with van der Waals surface area (Å²) < 4.78 is 0. The first kappa shape index (κ1) is 15.1. The van der Waals surface area contributed by atoms with Gasteiger partial charge in [0.2, 0.25) is 0 Å². The molecule has 21 heavy (non-hydrogen) atoms. The molecule has 2 N–H and O–H groups in total. The number of hydrogen-bond donors (Lipinski definition) is 2. The van der Waals surface area contributed by atoms with E-state index in [1.165, 1.54) is 6.07 Å². The molecule has 0 aliphatic heterocycles. The predicted molar refractivity (Wildman–Crippen MR) is 82.4 cm³/mol. The normalized spacial score (nSPS) is 10.2. The lowest BCUT2D eigenvalue weighted by molar-refractivity contribution is 0.0696. The minimum atomic E-state index is -1.04. The quantitative estimate of drug-likeness (QED) is 0.830. The largest absolute Gasteiger partial charge is 0.478 e. The second-order valence-corrected chi connectivity index (χ2v) is 4.94. The minimum absolute atomic E-state index is 0.0114. The van der Waals surface area contributed by atoms with Gasteiger partial charge < -0.3 is 10.4 Å². The van der Waals surface area contributed by atoms with Crippen molar-refractivity contribution in [2.24, 2.45) is 0 Å². The van der Waals surface area contributed by atoms with Crippen molar-refractivity contribution in [3.8, 4) is 0 Å². The van der Waals surface area contributed by atoms with Crippen LogP contribution >= 0.6 is 11.6 Å². The van der Waals surface area contributed by atoms with Crippen molar-refractivity contribution < 1.29 is 14.7 Å². The summed E-state index contributed by atoms with van der Waals surface area (Å²) in [6, 6.07) is 11.5. The number of benzene rings is 2. The van der Waals surface area contributed by atoms with E-state index in [4.69, 9.17) is 16.7 Å². The number of nitrogens with one attached hydrogen (secondary N) is 1. The van der Waals surface area contributed by atoms with Gasteiger partial charge in [0.05, 0.1) is 5.56 Å². The van der Waals surface area contributed by atoms with E-state index in [0.717, 1.165) is 0 Å². The van der Waals surface area contributed by atoms with Crippen LogP contribution < -0.4 is 5.32 Å². The predicted octanol–water partition coefficient (Wildman–Crippen LogP) is 3.51. The van der Waals surface area contributed by atoms with E-state index in [1.54, 1.807) is 43.4 Å². The number of carbonyl (C=O) groups excluding carboxylic acids is 1. The van der Waals surface area contributed by atoms with E-state index in [0.29, 0.717) is 21.8 Å². The van der Waals surface area contributed by atoms with Crippen molar-refractivity contribution in [2.45, 2.75) is 6.42 Å². The van der Waals surface area contributed by atoms with Crippen molar-refractivity contribution in [3.05, 3.63) is 64.2 Å². The number of halogens is 1. The standard InChI is InChI=1S/C16H14ClNO3/c1-18-14-7-6-11(17)9-13(14)15(19)8-10-4-2-3-5-12(10)16(20)21/h2-7,9,18H,8H2,1H3,(H,20,21). The van der Waals surface area contributed by atoms with Gasteiger partial charge in [-0.25, -0.2) is 4.79 Å². The van der Waals surface area contributed by atoms with E-state index in [2.05, 4.69) is 5.32 Å². The number of ketones is 1. The van der Waals surface area contributed by atoms with E-state index < -0.39 is 5.97 Å². The third-order valence-electron chi connectivity index (χ3n) is 3.15. The summed E-state index contributed by atoms with van der Waals surface area (Å²) in [7, 11) is 1.71. The van der Waals surface area contributed by atoms with Gasteiger partial charge in [-0.15, -0.1) is 0 Å². The van der Waals surface area contributed by atoms with Crippen molar-refractivity contribution >= 4 is 29.0 Å². The molecule has 2 aromatic carbocycles. The highest BCUT2D eigenvalue weighted by Crippen LogP contribution is 2.22. The summed E-state index contributed by atoms with van der Waals surface area (Å²) in [5, 5.41) is 12.5. The van der Waals surface area contributed by atoms with Crippen LogP contribution in [0.2, 0.25) is 5.02 Å². The summed E-state index contributed by atoms with van der Waals surface area (Å²) in [6.07, 6.45) is 0.0114. The summed E-state index contributed by atoms with van der Waals surface area (Å²) in [5.74, 6) is -1.23. The van der Waals surface area contributed by atoms with Gasteiger partial charge in [0.1, 0.15) is 0 Å². The van der Waals surface area contributed by atoms with Crippen molar-refractivity contribution in [1.29, 1.82) is 0 Å². The molecule has 0 radical (unpaired) electrons. The highest BCUT2D eigenvalue weighted by atomic mass is 35.5. The third kappa shape index (κ3) is 3.41. The molecule has 0 unspecified atom stereocenters. The second kappa shape index (κ2) is 6.41. The Morgan fingerprint density at radius 1 is 1.14 bits per heavy atom. The van der Waals surface area contributed by atoms with Gasteiger partial charge in [0, 0.05) is 29.7 Å². The molecule has 0 amide bonds. The SMILES string of the molecule is CNc1ccc(Cl)cc1C(=O)Cc1ccccc1C(=O)O. The number of anilines is 1. The molecule has 5 heteroatoms. The maximum Gasteiger partial charge on any atom is 0.335 e. The summed E-state index contributed by atoms with van der Waals surface area (Å²) in [4.78, 5) is 23.6. The smallest absolute Gasteiger partial charge is 0.335 e. The van der Waals surface area contributed by atoms with Crippen LogP contribution in [0.3, 0.4) is 0 Å². The van der Waals surface area contributed by atoms with Gasteiger partial charge in [-0.3, -0.25) is 4.79 Å². The van der Waals surface area contributed by atoms with Crippen molar-refractivity contribution in [3.63, 3.8) is 0 Å². The van der Waals surface area contributed by atoms with Gasteiger partial charge in [-0.05, 0) is 29.8 Å². The van der Waals surface area contributed by atoms with Crippen LogP contribution in [0.5, 0.6) is 0 Å². The van der Waals surface area contributed by atoms with Gasteiger partial charge in [0.25, 0.3) is 0 Å². The number of Topliss-reactive ketones (excluding diaryl/α,β-unsaturated/α-hetero) is 1. The Balaban J connectivity index is 2.35. The number of carboxylic acid groups (broad SMARTS) is 1. The first-order chi connectivity index (χ1) is 10.0. The van der Waals surface area contributed by atoms with Crippen LogP contribution in [0.4, 0.5) is 5.69 Å². The van der Waals surface area contributed by atoms with E-state index in [1.807, 2.05) is 0 Å². The number of rotatable bonds is 5. The maximum absolute atomic E-state index is 12.4. The summed E-state index contributed by atoms with van der Waals surface area (Å²) in [6.45, 7) is 0. The first-order valence-electron chi connectivity index (χ1n) is 6.34. The fourth-order valence-electron chi connectivity index (χ4n) is 2.12.